The van der Waals surface area contributed by atoms with Gasteiger partial charge in [-0.1, -0.05) is 0 Å². The molecule has 2 heterocycles. The highest BCUT2D eigenvalue weighted by Gasteiger charge is 2.54. The van der Waals surface area contributed by atoms with E-state index in [1.165, 1.54) is 6.92 Å². The summed E-state index contributed by atoms with van der Waals surface area (Å²) in [5.41, 5.74) is 2.00. The van der Waals surface area contributed by atoms with Gasteiger partial charge in [0.2, 0.25) is 5.91 Å². The van der Waals surface area contributed by atoms with E-state index in [2.05, 4.69) is 10.4 Å². The number of hydrogen-bond acceptors (Lipinski definition) is 5. The lowest BCUT2D eigenvalue weighted by molar-refractivity contribution is -0.130. The van der Waals surface area contributed by atoms with Gasteiger partial charge in [0.1, 0.15) is 6.54 Å². The van der Waals surface area contributed by atoms with Gasteiger partial charge in [-0.15, -0.1) is 0 Å². The molecule has 2 aliphatic rings. The predicted octanol–water partition coefficient (Wildman–Crippen LogP) is 0.869. The topological polar surface area (TPSA) is 82.5 Å². The van der Waals surface area contributed by atoms with Crippen LogP contribution in [0.1, 0.15) is 35.1 Å². The van der Waals surface area contributed by atoms with E-state index in [1.807, 2.05) is 6.92 Å². The summed E-state index contributed by atoms with van der Waals surface area (Å²) in [6.45, 7) is 6.59. The molecule has 1 aliphatic carbocycles. The molecule has 7 heteroatoms. The van der Waals surface area contributed by atoms with Crippen molar-refractivity contribution in [1.29, 1.82) is 0 Å². The van der Waals surface area contributed by atoms with Crippen molar-refractivity contribution < 1.29 is 19.1 Å². The highest BCUT2D eigenvalue weighted by Crippen LogP contribution is 2.43. The number of amides is 1. The van der Waals surface area contributed by atoms with Gasteiger partial charge in [0.05, 0.1) is 24.0 Å². The first kappa shape index (κ1) is 17.1. The number of hydrogen-bond donors (Lipinski definition) is 1. The molecule has 0 spiro atoms. The van der Waals surface area contributed by atoms with Crippen LogP contribution in [0.25, 0.3) is 0 Å². The van der Waals surface area contributed by atoms with Crippen LogP contribution in [0, 0.1) is 25.7 Å². The van der Waals surface area contributed by atoms with Gasteiger partial charge in [-0.2, -0.15) is 5.10 Å². The second kappa shape index (κ2) is 6.64. The number of nitrogens with zero attached hydrogens (tertiary/aromatic N) is 2. The summed E-state index contributed by atoms with van der Waals surface area (Å²) in [6, 6.07) is 0.0918. The predicted molar refractivity (Wildman–Crippen MR) is 86.8 cm³/mol. The van der Waals surface area contributed by atoms with Crippen LogP contribution in [0.2, 0.25) is 0 Å². The number of methoxy groups -OCH3 is 1. The van der Waals surface area contributed by atoms with Gasteiger partial charge in [0.15, 0.2) is 5.78 Å². The molecule has 7 nitrogen and oxygen atoms in total. The van der Waals surface area contributed by atoms with Crippen molar-refractivity contribution in [3.63, 3.8) is 0 Å². The van der Waals surface area contributed by atoms with E-state index < -0.39 is 0 Å². The van der Waals surface area contributed by atoms with Crippen molar-refractivity contribution >= 4 is 11.7 Å². The Kier molecular flexibility index (Phi) is 4.73. The maximum Gasteiger partial charge on any atom is 0.241 e. The molecule has 0 radical (unpaired) electrons. The van der Waals surface area contributed by atoms with E-state index in [9.17, 15) is 9.59 Å². The Morgan fingerprint density at radius 3 is 2.79 bits per heavy atom. The minimum atomic E-state index is -0.0906. The van der Waals surface area contributed by atoms with Crippen LogP contribution in [0.5, 0.6) is 0 Å². The molecule has 132 valence electrons. The molecular formula is C17H25N3O4. The van der Waals surface area contributed by atoms with E-state index in [1.54, 1.807) is 18.7 Å². The summed E-state index contributed by atoms with van der Waals surface area (Å²) >= 11 is 0. The molecular weight excluding hydrogens is 310 g/mol. The molecule has 1 saturated carbocycles. The number of rotatable bonds is 6. The monoisotopic (exact) mass is 335 g/mol. The highest BCUT2D eigenvalue weighted by atomic mass is 16.5. The minimum absolute atomic E-state index is 0.0262. The van der Waals surface area contributed by atoms with Crippen molar-refractivity contribution in [2.24, 2.45) is 11.8 Å². The standard InChI is InChI=1S/C17H25N3O4/c1-9-15(11(3)21)10(2)20(19-9)7-14(22)18-16-12-5-6-24-17(12)13(16)8-23-4/h12-13,16-17H,5-8H2,1-4H3,(H,18,22)/t12-,13-,16-,17-/m0/s1. The lowest BCUT2D eigenvalue weighted by atomic mass is 9.67. The van der Waals surface area contributed by atoms with E-state index in [0.29, 0.717) is 23.8 Å². The van der Waals surface area contributed by atoms with Crippen molar-refractivity contribution in [3.05, 3.63) is 17.0 Å². The van der Waals surface area contributed by atoms with Gasteiger partial charge in [0.25, 0.3) is 0 Å². The Bertz CT molecular complexity index is 655. The third-order valence-electron chi connectivity index (χ3n) is 5.24. The summed E-state index contributed by atoms with van der Waals surface area (Å²) in [4.78, 5) is 24.1. The second-order valence-electron chi connectivity index (χ2n) is 6.76. The number of aromatic nitrogens is 2. The fourth-order valence-electron chi connectivity index (χ4n) is 4.16. The number of fused-ring (bicyclic) bond motifs is 1. The van der Waals surface area contributed by atoms with E-state index in [4.69, 9.17) is 9.47 Å². The molecule has 3 rings (SSSR count). The normalized spacial score (nSPS) is 28.3. The van der Waals surface area contributed by atoms with Crippen molar-refractivity contribution in [1.82, 2.24) is 15.1 Å². The molecule has 1 amide bonds. The van der Waals surface area contributed by atoms with Crippen molar-refractivity contribution in [2.75, 3.05) is 20.3 Å². The first-order valence-corrected chi connectivity index (χ1v) is 8.39. The third-order valence-corrected chi connectivity index (χ3v) is 5.24. The van der Waals surface area contributed by atoms with Crippen LogP contribution >= 0.6 is 0 Å². The molecule has 1 N–H and O–H groups in total. The van der Waals surface area contributed by atoms with Gasteiger partial charge >= 0.3 is 0 Å². The first-order chi connectivity index (χ1) is 11.4. The van der Waals surface area contributed by atoms with Crippen LogP contribution in [0.3, 0.4) is 0 Å². The molecule has 1 aliphatic heterocycles. The zero-order chi connectivity index (χ0) is 17.4. The van der Waals surface area contributed by atoms with Crippen LogP contribution in [0.15, 0.2) is 0 Å². The number of nitrogens with one attached hydrogen (secondary N) is 1. The van der Waals surface area contributed by atoms with Gasteiger partial charge in [-0.05, 0) is 27.2 Å². The number of carbonyl (C=O) groups is 2. The van der Waals surface area contributed by atoms with Gasteiger partial charge in [0, 0.05) is 37.3 Å². The minimum Gasteiger partial charge on any atom is -0.384 e. The molecule has 1 aromatic rings. The van der Waals surface area contributed by atoms with Crippen molar-refractivity contribution in [3.8, 4) is 0 Å². The highest BCUT2D eigenvalue weighted by molar-refractivity contribution is 5.96. The third kappa shape index (κ3) is 2.86. The molecule has 0 aromatic carbocycles. The van der Waals surface area contributed by atoms with E-state index >= 15 is 0 Å². The Balaban J connectivity index is 1.66. The Morgan fingerprint density at radius 2 is 2.17 bits per heavy atom. The SMILES string of the molecule is COC[C@H]1[C@@H](NC(=O)Cn2nc(C)c(C(C)=O)c2C)[C@@H]2CCO[C@@H]21. The van der Waals surface area contributed by atoms with Crippen LogP contribution in [0.4, 0.5) is 0 Å². The molecule has 0 bridgehead atoms. The molecule has 1 saturated heterocycles. The van der Waals surface area contributed by atoms with Gasteiger partial charge in [-0.3, -0.25) is 14.3 Å². The largest absolute Gasteiger partial charge is 0.384 e. The molecule has 4 atom stereocenters. The summed E-state index contributed by atoms with van der Waals surface area (Å²) in [7, 11) is 1.67. The number of Topliss-reactive ketones (excluding diaryl/α,β-unsaturated/α-hetero) is 1. The van der Waals surface area contributed by atoms with E-state index in [0.717, 1.165) is 18.7 Å². The maximum atomic E-state index is 12.5. The molecule has 1 aromatic heterocycles. The maximum absolute atomic E-state index is 12.5. The quantitative estimate of drug-likeness (QED) is 0.780. The van der Waals surface area contributed by atoms with Crippen LogP contribution < -0.4 is 5.32 Å². The fraction of sp³-hybridized carbons (Fsp3) is 0.706. The average molecular weight is 335 g/mol. The summed E-state index contributed by atoms with van der Waals surface area (Å²) in [5, 5.41) is 7.44. The molecule has 24 heavy (non-hydrogen) atoms. The number of ether oxygens (including phenoxy) is 2. The number of aryl methyl sites for hydroxylation is 1. The van der Waals surface area contributed by atoms with Crippen LogP contribution in [-0.2, 0) is 20.8 Å². The van der Waals surface area contributed by atoms with Gasteiger partial charge < -0.3 is 14.8 Å². The fourth-order valence-corrected chi connectivity index (χ4v) is 4.16. The van der Waals surface area contributed by atoms with Crippen molar-refractivity contribution in [2.45, 2.75) is 45.9 Å². The Morgan fingerprint density at radius 1 is 1.42 bits per heavy atom. The number of ketones is 1. The van der Waals surface area contributed by atoms with E-state index in [-0.39, 0.29) is 36.3 Å². The lowest BCUT2D eigenvalue weighted by Crippen LogP contribution is -2.63. The Hall–Kier alpha value is -1.73. The van der Waals surface area contributed by atoms with Crippen LogP contribution in [-0.4, -0.2) is 53.9 Å². The summed E-state index contributed by atoms with van der Waals surface area (Å²) in [6.07, 6.45) is 1.18. The Labute approximate surface area is 141 Å². The second-order valence-corrected chi connectivity index (χ2v) is 6.76. The van der Waals surface area contributed by atoms with Gasteiger partial charge in [-0.25, -0.2) is 0 Å². The first-order valence-electron chi connectivity index (χ1n) is 8.39. The summed E-state index contributed by atoms with van der Waals surface area (Å²) in [5.74, 6) is 0.468. The zero-order valence-corrected chi connectivity index (χ0v) is 14.7. The zero-order valence-electron chi connectivity index (χ0n) is 14.7. The molecule has 2 fully saturated rings. The lowest BCUT2D eigenvalue weighted by Gasteiger charge is -2.47. The smallest absolute Gasteiger partial charge is 0.241 e. The summed E-state index contributed by atoms with van der Waals surface area (Å²) < 4.78 is 12.6. The average Bonchev–Trinajstić information content (AvgIpc) is 3.04. The molecule has 0 unspecified atom stereocenters. The number of carbonyl (C=O) groups excluding carboxylic acids is 2.